The van der Waals surface area contributed by atoms with Gasteiger partial charge in [-0.3, -0.25) is 9.69 Å². The molecule has 0 fully saturated rings. The zero-order chi connectivity index (χ0) is 18.5. The Labute approximate surface area is 156 Å². The minimum Gasteiger partial charge on any atom is -0.418 e. The molecular formula is C19H22N4O2S. The molecule has 1 atom stereocenters. The lowest BCUT2D eigenvalue weighted by Gasteiger charge is -2.21. The highest BCUT2D eigenvalue weighted by molar-refractivity contribution is 7.13. The smallest absolute Gasteiger partial charge is 0.257 e. The van der Waals surface area contributed by atoms with Gasteiger partial charge in [0.1, 0.15) is 0 Å². The van der Waals surface area contributed by atoms with Crippen molar-refractivity contribution in [3.63, 3.8) is 0 Å². The molecule has 0 saturated heterocycles. The molecule has 0 saturated carbocycles. The van der Waals surface area contributed by atoms with E-state index in [1.165, 1.54) is 0 Å². The molecular weight excluding hydrogens is 348 g/mol. The second-order valence-corrected chi connectivity index (χ2v) is 7.02. The Morgan fingerprint density at radius 2 is 2.08 bits per heavy atom. The molecule has 0 bridgehead atoms. The first-order chi connectivity index (χ1) is 12.6. The summed E-state index contributed by atoms with van der Waals surface area (Å²) in [4.78, 5) is 15.2. The number of carbonyl (C=O) groups is 1. The number of aryl methyl sites for hydroxylation is 1. The Kier molecular flexibility index (Phi) is 5.80. The standard InChI is InChI=1S/C19H22N4O2S/c1-4-14-8-5-6-9-15(14)20-17(24)12-23(3)13(2)18-21-22-19(25-18)16-10-7-11-26-16/h5-11,13H,4,12H2,1-3H3,(H,20,24). The van der Waals surface area contributed by atoms with Crippen LogP contribution in [-0.4, -0.2) is 34.6 Å². The van der Waals surface area contributed by atoms with E-state index in [2.05, 4.69) is 22.4 Å². The number of amides is 1. The van der Waals surface area contributed by atoms with Crippen molar-refractivity contribution in [2.45, 2.75) is 26.3 Å². The predicted octanol–water partition coefficient (Wildman–Crippen LogP) is 3.99. The highest BCUT2D eigenvalue weighted by atomic mass is 32.1. The summed E-state index contributed by atoms with van der Waals surface area (Å²) in [5, 5.41) is 13.2. The molecule has 0 aliphatic rings. The molecule has 1 unspecified atom stereocenters. The molecule has 3 rings (SSSR count). The van der Waals surface area contributed by atoms with Gasteiger partial charge in [-0.2, -0.15) is 0 Å². The third-order valence-electron chi connectivity index (χ3n) is 4.26. The molecule has 0 aliphatic heterocycles. The van der Waals surface area contributed by atoms with Crippen molar-refractivity contribution in [3.8, 4) is 10.8 Å². The monoisotopic (exact) mass is 370 g/mol. The summed E-state index contributed by atoms with van der Waals surface area (Å²) in [6, 6.07) is 11.6. The molecule has 7 heteroatoms. The van der Waals surface area contributed by atoms with Crippen LogP contribution < -0.4 is 5.32 Å². The van der Waals surface area contributed by atoms with Gasteiger partial charge in [0.05, 0.1) is 17.5 Å². The molecule has 6 nitrogen and oxygen atoms in total. The van der Waals surface area contributed by atoms with Crippen molar-refractivity contribution >= 4 is 22.9 Å². The van der Waals surface area contributed by atoms with E-state index in [0.717, 1.165) is 22.5 Å². The van der Waals surface area contributed by atoms with Gasteiger partial charge in [-0.15, -0.1) is 21.5 Å². The van der Waals surface area contributed by atoms with E-state index in [9.17, 15) is 4.79 Å². The Morgan fingerprint density at radius 3 is 2.81 bits per heavy atom. The number of nitrogens with zero attached hydrogens (tertiary/aromatic N) is 3. The van der Waals surface area contributed by atoms with Crippen LogP contribution in [0.15, 0.2) is 46.2 Å². The van der Waals surface area contributed by atoms with Gasteiger partial charge in [-0.05, 0) is 43.5 Å². The molecule has 0 radical (unpaired) electrons. The second kappa shape index (κ2) is 8.25. The molecule has 2 heterocycles. The maximum Gasteiger partial charge on any atom is 0.257 e. The average Bonchev–Trinajstić information content (AvgIpc) is 3.32. The van der Waals surface area contributed by atoms with Gasteiger partial charge in [0.2, 0.25) is 11.8 Å². The Bertz CT molecular complexity index is 860. The van der Waals surface area contributed by atoms with E-state index >= 15 is 0 Å². The van der Waals surface area contributed by atoms with E-state index < -0.39 is 0 Å². The highest BCUT2D eigenvalue weighted by Gasteiger charge is 2.21. The number of thiophene rings is 1. The normalized spacial score (nSPS) is 12.3. The number of hydrogen-bond donors (Lipinski definition) is 1. The van der Waals surface area contributed by atoms with Crippen LogP contribution >= 0.6 is 11.3 Å². The number of hydrogen-bond acceptors (Lipinski definition) is 6. The zero-order valence-corrected chi connectivity index (χ0v) is 15.9. The van der Waals surface area contributed by atoms with Crippen LogP contribution in [0.1, 0.15) is 31.3 Å². The van der Waals surface area contributed by atoms with Gasteiger partial charge < -0.3 is 9.73 Å². The van der Waals surface area contributed by atoms with Crippen LogP contribution in [0.25, 0.3) is 10.8 Å². The maximum absolute atomic E-state index is 12.4. The lowest BCUT2D eigenvalue weighted by Crippen LogP contribution is -2.32. The molecule has 1 aromatic carbocycles. The first-order valence-electron chi connectivity index (χ1n) is 8.53. The van der Waals surface area contributed by atoms with Gasteiger partial charge in [-0.1, -0.05) is 31.2 Å². The summed E-state index contributed by atoms with van der Waals surface area (Å²) in [5.41, 5.74) is 1.98. The van der Waals surface area contributed by atoms with Gasteiger partial charge in [0.25, 0.3) is 5.89 Å². The highest BCUT2D eigenvalue weighted by Crippen LogP contribution is 2.26. The molecule has 0 aliphatic carbocycles. The molecule has 1 amide bonds. The van der Waals surface area contributed by atoms with Crippen LogP contribution in [-0.2, 0) is 11.2 Å². The Balaban J connectivity index is 1.62. The van der Waals surface area contributed by atoms with Crippen molar-refractivity contribution in [1.29, 1.82) is 0 Å². The number of likely N-dealkylation sites (N-methyl/N-ethyl adjacent to an activating group) is 1. The van der Waals surface area contributed by atoms with Crippen LogP contribution in [0.5, 0.6) is 0 Å². The van der Waals surface area contributed by atoms with Crippen LogP contribution in [0.3, 0.4) is 0 Å². The summed E-state index contributed by atoms with van der Waals surface area (Å²) in [7, 11) is 1.87. The number of aromatic nitrogens is 2. The minimum absolute atomic E-state index is 0.0711. The van der Waals surface area contributed by atoms with E-state index in [-0.39, 0.29) is 18.5 Å². The van der Waals surface area contributed by atoms with Crippen LogP contribution in [0.2, 0.25) is 0 Å². The average molecular weight is 370 g/mol. The van der Waals surface area contributed by atoms with E-state index in [0.29, 0.717) is 11.8 Å². The van der Waals surface area contributed by atoms with Crippen molar-refractivity contribution in [2.75, 3.05) is 18.9 Å². The van der Waals surface area contributed by atoms with Crippen molar-refractivity contribution in [2.24, 2.45) is 0 Å². The first kappa shape index (κ1) is 18.3. The summed E-state index contributed by atoms with van der Waals surface area (Å²) < 4.78 is 5.76. The van der Waals surface area contributed by atoms with Gasteiger partial charge in [-0.25, -0.2) is 0 Å². The first-order valence-corrected chi connectivity index (χ1v) is 9.41. The molecule has 0 spiro atoms. The molecule has 26 heavy (non-hydrogen) atoms. The number of para-hydroxylation sites is 1. The molecule has 1 N–H and O–H groups in total. The second-order valence-electron chi connectivity index (χ2n) is 6.07. The van der Waals surface area contributed by atoms with Gasteiger partial charge in [0, 0.05) is 5.69 Å². The zero-order valence-electron chi connectivity index (χ0n) is 15.1. The largest absolute Gasteiger partial charge is 0.418 e. The summed E-state index contributed by atoms with van der Waals surface area (Å²) in [6.07, 6.45) is 0.871. The van der Waals surface area contributed by atoms with E-state index in [1.807, 2.05) is 60.6 Å². The van der Waals surface area contributed by atoms with Crippen molar-refractivity contribution in [3.05, 3.63) is 53.2 Å². The Morgan fingerprint density at radius 1 is 1.27 bits per heavy atom. The number of anilines is 1. The molecule has 2 aromatic heterocycles. The van der Waals surface area contributed by atoms with Crippen LogP contribution in [0, 0.1) is 0 Å². The number of carbonyl (C=O) groups excluding carboxylic acids is 1. The third-order valence-corrected chi connectivity index (χ3v) is 5.11. The summed E-state index contributed by atoms with van der Waals surface area (Å²) in [5.74, 6) is 0.937. The minimum atomic E-state index is -0.164. The third kappa shape index (κ3) is 4.17. The molecule has 136 valence electrons. The summed E-state index contributed by atoms with van der Waals surface area (Å²) in [6.45, 7) is 4.24. The number of benzene rings is 1. The maximum atomic E-state index is 12.4. The summed E-state index contributed by atoms with van der Waals surface area (Å²) >= 11 is 1.55. The number of rotatable bonds is 7. The quantitative estimate of drug-likeness (QED) is 0.681. The predicted molar refractivity (Wildman–Crippen MR) is 103 cm³/mol. The van der Waals surface area contributed by atoms with E-state index in [4.69, 9.17) is 4.42 Å². The van der Waals surface area contributed by atoms with E-state index in [1.54, 1.807) is 11.3 Å². The SMILES string of the molecule is CCc1ccccc1NC(=O)CN(C)C(C)c1nnc(-c2cccs2)o1. The van der Waals surface area contributed by atoms with Crippen molar-refractivity contribution in [1.82, 2.24) is 15.1 Å². The lowest BCUT2D eigenvalue weighted by atomic mass is 10.1. The fraction of sp³-hybridized carbons (Fsp3) is 0.316. The number of nitrogens with one attached hydrogen (secondary N) is 1. The van der Waals surface area contributed by atoms with Crippen molar-refractivity contribution < 1.29 is 9.21 Å². The fourth-order valence-corrected chi connectivity index (χ4v) is 3.24. The van der Waals surface area contributed by atoms with Crippen LogP contribution in [0.4, 0.5) is 5.69 Å². The lowest BCUT2D eigenvalue weighted by molar-refractivity contribution is -0.117. The fourth-order valence-electron chi connectivity index (χ4n) is 2.60. The Hall–Kier alpha value is -2.51. The molecule has 3 aromatic rings. The van der Waals surface area contributed by atoms with Gasteiger partial charge in [0.15, 0.2) is 0 Å². The van der Waals surface area contributed by atoms with Gasteiger partial charge >= 0.3 is 0 Å². The topological polar surface area (TPSA) is 71.3 Å².